The summed E-state index contributed by atoms with van der Waals surface area (Å²) in [6.07, 6.45) is 6.39. The van der Waals surface area contributed by atoms with Gasteiger partial charge in [0.1, 0.15) is 29.6 Å². The van der Waals surface area contributed by atoms with E-state index in [2.05, 4.69) is 11.9 Å². The second-order valence-corrected chi connectivity index (χ2v) is 6.97. The van der Waals surface area contributed by atoms with Crippen molar-refractivity contribution in [3.05, 3.63) is 71.1 Å². The van der Waals surface area contributed by atoms with Gasteiger partial charge in [0, 0.05) is 6.20 Å². The number of esters is 1. The molecular weight excluding hydrogens is 378 g/mol. The monoisotopic (exact) mass is 403 g/mol. The number of carbonyl (C=O) groups is 1. The van der Waals surface area contributed by atoms with Crippen LogP contribution in [0.3, 0.4) is 0 Å². The van der Waals surface area contributed by atoms with Crippen molar-refractivity contribution in [3.8, 4) is 11.9 Å². The van der Waals surface area contributed by atoms with Gasteiger partial charge in [0.25, 0.3) is 0 Å². The lowest BCUT2D eigenvalue weighted by atomic mass is 10.2. The van der Waals surface area contributed by atoms with Crippen LogP contribution in [0.2, 0.25) is 0 Å². The largest absolute Gasteiger partial charge is 0.476 e. The number of aryl methyl sites for hydroxylation is 1. The fourth-order valence-electron chi connectivity index (χ4n) is 3.03. The highest BCUT2D eigenvalue weighted by Gasteiger charge is 2.18. The zero-order valence-corrected chi connectivity index (χ0v) is 17.3. The lowest BCUT2D eigenvalue weighted by Gasteiger charge is -2.06. The number of pyridine rings is 1. The van der Waals surface area contributed by atoms with E-state index in [4.69, 9.17) is 9.47 Å². The van der Waals surface area contributed by atoms with Crippen LogP contribution in [-0.2, 0) is 16.1 Å². The standard InChI is InChI=1S/C24H25N3O3/c1-3-4-8-14-29-23-21(27-13-9-10-18(2)22(27)26-23)15-20(16-25)24(28)30-17-19-11-6-5-7-12-19/h5-7,9-13,15H,3-4,8,14,17H2,1-2H3/b20-15-. The van der Waals surface area contributed by atoms with E-state index in [1.54, 1.807) is 0 Å². The summed E-state index contributed by atoms with van der Waals surface area (Å²) >= 11 is 0. The first-order valence-electron chi connectivity index (χ1n) is 10.1. The zero-order valence-electron chi connectivity index (χ0n) is 17.3. The van der Waals surface area contributed by atoms with E-state index in [1.165, 1.54) is 6.08 Å². The number of nitrogens with zero attached hydrogens (tertiary/aromatic N) is 3. The Hall–Kier alpha value is -3.59. The molecular formula is C24H25N3O3. The van der Waals surface area contributed by atoms with Crippen LogP contribution in [-0.4, -0.2) is 22.0 Å². The Bertz CT molecular complexity index is 1080. The van der Waals surface area contributed by atoms with Gasteiger partial charge in [-0.3, -0.25) is 4.40 Å². The van der Waals surface area contributed by atoms with E-state index in [0.29, 0.717) is 18.2 Å². The molecule has 3 rings (SSSR count). The van der Waals surface area contributed by atoms with Crippen molar-refractivity contribution < 1.29 is 14.3 Å². The quantitative estimate of drug-likeness (QED) is 0.221. The number of imidazole rings is 1. The maximum atomic E-state index is 12.5. The van der Waals surface area contributed by atoms with Crippen molar-refractivity contribution in [2.24, 2.45) is 0 Å². The summed E-state index contributed by atoms with van der Waals surface area (Å²) in [5.74, 6) is -0.273. The molecule has 0 N–H and O–H groups in total. The van der Waals surface area contributed by atoms with Crippen LogP contribution in [0.4, 0.5) is 0 Å². The summed E-state index contributed by atoms with van der Waals surface area (Å²) in [6.45, 7) is 4.71. The molecule has 0 aliphatic carbocycles. The number of hydrogen-bond acceptors (Lipinski definition) is 5. The first kappa shape index (κ1) is 21.1. The molecule has 0 saturated heterocycles. The Kier molecular flexibility index (Phi) is 7.23. The van der Waals surface area contributed by atoms with Crippen LogP contribution in [0.1, 0.15) is 43.0 Å². The molecule has 3 aromatic rings. The number of aromatic nitrogens is 2. The second kappa shape index (κ2) is 10.3. The maximum Gasteiger partial charge on any atom is 0.349 e. The summed E-state index contributed by atoms with van der Waals surface area (Å²) in [7, 11) is 0. The van der Waals surface area contributed by atoms with E-state index in [1.807, 2.05) is 66.1 Å². The molecule has 0 atom stereocenters. The summed E-state index contributed by atoms with van der Waals surface area (Å²) in [5.41, 5.74) is 3.00. The summed E-state index contributed by atoms with van der Waals surface area (Å²) in [4.78, 5) is 17.1. The van der Waals surface area contributed by atoms with Crippen LogP contribution in [0.25, 0.3) is 11.7 Å². The number of ether oxygens (including phenoxy) is 2. The Labute approximate surface area is 176 Å². The first-order chi connectivity index (χ1) is 14.6. The molecule has 6 nitrogen and oxygen atoms in total. The Balaban J connectivity index is 1.88. The average Bonchev–Trinajstić information content (AvgIpc) is 3.12. The first-order valence-corrected chi connectivity index (χ1v) is 10.1. The van der Waals surface area contributed by atoms with Crippen LogP contribution in [0, 0.1) is 18.3 Å². The molecule has 0 fully saturated rings. The number of fused-ring (bicyclic) bond motifs is 1. The average molecular weight is 403 g/mol. The maximum absolute atomic E-state index is 12.5. The molecule has 1 aromatic carbocycles. The number of nitriles is 1. The molecule has 0 bridgehead atoms. The normalized spacial score (nSPS) is 11.3. The lowest BCUT2D eigenvalue weighted by Crippen LogP contribution is -2.07. The van der Waals surface area contributed by atoms with Gasteiger partial charge < -0.3 is 9.47 Å². The van der Waals surface area contributed by atoms with Gasteiger partial charge in [-0.1, -0.05) is 56.2 Å². The van der Waals surface area contributed by atoms with E-state index in [0.717, 1.165) is 36.0 Å². The minimum absolute atomic E-state index is 0.103. The van der Waals surface area contributed by atoms with Crippen molar-refractivity contribution >= 4 is 17.7 Å². The summed E-state index contributed by atoms with van der Waals surface area (Å²) < 4.78 is 13.0. The Morgan fingerprint density at radius 3 is 2.73 bits per heavy atom. The molecule has 154 valence electrons. The van der Waals surface area contributed by atoms with Gasteiger partial charge in [-0.05, 0) is 36.6 Å². The molecule has 0 radical (unpaired) electrons. The smallest absolute Gasteiger partial charge is 0.349 e. The third-order valence-electron chi connectivity index (χ3n) is 4.67. The van der Waals surface area contributed by atoms with Crippen molar-refractivity contribution in [2.45, 2.75) is 39.7 Å². The van der Waals surface area contributed by atoms with Gasteiger partial charge in [0.2, 0.25) is 5.88 Å². The minimum Gasteiger partial charge on any atom is -0.476 e. The summed E-state index contributed by atoms with van der Waals surface area (Å²) in [6, 6.07) is 15.1. The number of rotatable bonds is 9. The lowest BCUT2D eigenvalue weighted by molar-refractivity contribution is -0.139. The van der Waals surface area contributed by atoms with Crippen LogP contribution < -0.4 is 4.74 Å². The van der Waals surface area contributed by atoms with Crippen LogP contribution in [0.15, 0.2) is 54.2 Å². The highest BCUT2D eigenvalue weighted by atomic mass is 16.5. The molecule has 0 aliphatic rings. The number of carbonyl (C=O) groups excluding carboxylic acids is 1. The molecule has 0 saturated carbocycles. The third-order valence-corrected chi connectivity index (χ3v) is 4.67. The molecule has 2 heterocycles. The van der Waals surface area contributed by atoms with E-state index >= 15 is 0 Å². The van der Waals surface area contributed by atoms with Gasteiger partial charge in [0.05, 0.1) is 6.61 Å². The van der Waals surface area contributed by atoms with Crippen molar-refractivity contribution in [2.75, 3.05) is 6.61 Å². The fraction of sp³-hybridized carbons (Fsp3) is 0.292. The molecule has 0 amide bonds. The van der Waals surface area contributed by atoms with E-state index < -0.39 is 5.97 Å². The predicted molar refractivity (Wildman–Crippen MR) is 115 cm³/mol. The van der Waals surface area contributed by atoms with Gasteiger partial charge in [0.15, 0.2) is 0 Å². The van der Waals surface area contributed by atoms with E-state index in [9.17, 15) is 10.1 Å². The second-order valence-electron chi connectivity index (χ2n) is 6.97. The van der Waals surface area contributed by atoms with Crippen molar-refractivity contribution in [1.82, 2.24) is 9.38 Å². The van der Waals surface area contributed by atoms with E-state index in [-0.39, 0.29) is 12.2 Å². The number of unbranched alkanes of at least 4 members (excludes halogenated alkanes) is 2. The molecule has 0 unspecified atom stereocenters. The SMILES string of the molecule is CCCCCOc1nc2c(C)cccn2c1/C=C(/C#N)C(=O)OCc1ccccc1. The van der Waals surface area contributed by atoms with Crippen molar-refractivity contribution in [3.63, 3.8) is 0 Å². The third kappa shape index (κ3) is 5.06. The molecule has 0 aliphatic heterocycles. The zero-order chi connectivity index (χ0) is 21.3. The Morgan fingerprint density at radius 2 is 2.00 bits per heavy atom. The molecule has 30 heavy (non-hydrogen) atoms. The van der Waals surface area contributed by atoms with Gasteiger partial charge in [-0.2, -0.15) is 10.2 Å². The fourth-order valence-corrected chi connectivity index (χ4v) is 3.03. The van der Waals surface area contributed by atoms with Gasteiger partial charge in [-0.25, -0.2) is 4.79 Å². The molecule has 0 spiro atoms. The predicted octanol–water partition coefficient (Wildman–Crippen LogP) is 4.86. The highest BCUT2D eigenvalue weighted by molar-refractivity contribution is 5.98. The molecule has 6 heteroatoms. The van der Waals surface area contributed by atoms with Gasteiger partial charge >= 0.3 is 5.97 Å². The highest BCUT2D eigenvalue weighted by Crippen LogP contribution is 2.25. The van der Waals surface area contributed by atoms with Crippen LogP contribution >= 0.6 is 0 Å². The topological polar surface area (TPSA) is 76.6 Å². The van der Waals surface area contributed by atoms with Crippen LogP contribution in [0.5, 0.6) is 5.88 Å². The van der Waals surface area contributed by atoms with Gasteiger partial charge in [-0.15, -0.1) is 0 Å². The number of hydrogen-bond donors (Lipinski definition) is 0. The number of benzene rings is 1. The van der Waals surface area contributed by atoms with Crippen molar-refractivity contribution in [1.29, 1.82) is 5.26 Å². The Morgan fingerprint density at radius 1 is 1.20 bits per heavy atom. The molecule has 2 aromatic heterocycles. The summed E-state index contributed by atoms with van der Waals surface area (Å²) in [5, 5.41) is 9.57. The minimum atomic E-state index is -0.680.